The number of nitrogens with zero attached hydrogens (tertiary/aromatic N) is 1. The van der Waals surface area contributed by atoms with Crippen LogP contribution in [0.2, 0.25) is 0 Å². The highest BCUT2D eigenvalue weighted by Gasteiger charge is 2.21. The van der Waals surface area contributed by atoms with Gasteiger partial charge in [0.25, 0.3) is 5.91 Å². The fourth-order valence-electron chi connectivity index (χ4n) is 2.79. The monoisotopic (exact) mass is 430 g/mol. The molecule has 8 nitrogen and oxygen atoms in total. The molecule has 0 unspecified atom stereocenters. The van der Waals surface area contributed by atoms with Crippen LogP contribution in [0.5, 0.6) is 0 Å². The maximum atomic E-state index is 13.4. The Balaban J connectivity index is 1.87. The topological polar surface area (TPSA) is 105 Å². The molecule has 0 spiro atoms. The first kappa shape index (κ1) is 21.8. The third-order valence-electron chi connectivity index (χ3n) is 4.29. The predicted octanol–water partition coefficient (Wildman–Crippen LogP) is 1.81. The van der Waals surface area contributed by atoms with Crippen LogP contribution in [-0.4, -0.2) is 22.2 Å². The molecule has 1 amide bonds. The number of anilines is 1. The second-order valence-corrected chi connectivity index (χ2v) is 6.50. The zero-order valence-electron chi connectivity index (χ0n) is 16.6. The van der Waals surface area contributed by atoms with E-state index < -0.39 is 28.8 Å². The van der Waals surface area contributed by atoms with Crippen molar-refractivity contribution >= 4 is 11.7 Å². The minimum atomic E-state index is -1.05. The van der Waals surface area contributed by atoms with Gasteiger partial charge in [0.1, 0.15) is 18.0 Å². The van der Waals surface area contributed by atoms with Gasteiger partial charge in [-0.3, -0.25) is 14.6 Å². The number of hydrogen-bond acceptors (Lipinski definition) is 5. The van der Waals surface area contributed by atoms with Crippen molar-refractivity contribution in [2.75, 3.05) is 11.9 Å². The average Bonchev–Trinajstić information content (AvgIpc) is 2.75. The van der Waals surface area contributed by atoms with Crippen molar-refractivity contribution in [1.29, 1.82) is 0 Å². The maximum Gasteiger partial charge on any atom is 0.363 e. The quantitative estimate of drug-likeness (QED) is 0.506. The van der Waals surface area contributed by atoms with E-state index >= 15 is 0 Å². The largest absolute Gasteiger partial charge is 0.401 e. The van der Waals surface area contributed by atoms with Crippen molar-refractivity contribution in [3.8, 4) is 0 Å². The Hall–Kier alpha value is -3.95. The lowest BCUT2D eigenvalue weighted by Gasteiger charge is -2.13. The Kier molecular flexibility index (Phi) is 6.81. The van der Waals surface area contributed by atoms with E-state index in [1.165, 1.54) is 6.07 Å². The van der Waals surface area contributed by atoms with Crippen LogP contribution in [-0.2, 0) is 13.2 Å². The Morgan fingerprint density at radius 2 is 1.81 bits per heavy atom. The molecule has 162 valence electrons. The molecule has 10 heteroatoms. The molecule has 0 aliphatic carbocycles. The van der Waals surface area contributed by atoms with Crippen molar-refractivity contribution in [2.45, 2.75) is 20.1 Å². The van der Waals surface area contributed by atoms with Gasteiger partial charge in [-0.1, -0.05) is 41.1 Å². The number of aromatic amines is 1. The van der Waals surface area contributed by atoms with Crippen LogP contribution in [0.25, 0.3) is 0 Å². The van der Waals surface area contributed by atoms with Crippen molar-refractivity contribution in [3.05, 3.63) is 97.7 Å². The van der Waals surface area contributed by atoms with Crippen LogP contribution in [0.1, 0.15) is 28.4 Å². The summed E-state index contributed by atoms with van der Waals surface area (Å²) in [6, 6.07) is 12.0. The molecule has 0 atom stereocenters. The second-order valence-electron chi connectivity index (χ2n) is 6.50. The Labute approximate surface area is 175 Å². The fraction of sp³-hybridized carbons (Fsp3) is 0.190. The van der Waals surface area contributed by atoms with Gasteiger partial charge in [-0.25, -0.2) is 13.6 Å². The van der Waals surface area contributed by atoms with E-state index in [2.05, 4.69) is 15.6 Å². The minimum Gasteiger partial charge on any atom is -0.401 e. The standard InChI is InChI=1S/C21H20F2N4O4/c1-2-24-18-17(19(28)25-11-14-8-9-15(22)16(23)10-14)20(29)27(21(30)26-18)31-12-13-6-4-3-5-7-13/h3-10,24H,2,11-12H2,1H3,(H,25,28)(H,26,30). The molecular formula is C21H20F2N4O4. The van der Waals surface area contributed by atoms with E-state index in [9.17, 15) is 23.2 Å². The van der Waals surface area contributed by atoms with Gasteiger partial charge in [-0.15, -0.1) is 0 Å². The summed E-state index contributed by atoms with van der Waals surface area (Å²) in [4.78, 5) is 45.6. The Morgan fingerprint density at radius 3 is 2.48 bits per heavy atom. The highest BCUT2D eigenvalue weighted by atomic mass is 19.2. The molecule has 0 bridgehead atoms. The lowest BCUT2D eigenvalue weighted by molar-refractivity contribution is 0.0764. The van der Waals surface area contributed by atoms with E-state index in [1.54, 1.807) is 31.2 Å². The zero-order valence-corrected chi connectivity index (χ0v) is 16.6. The van der Waals surface area contributed by atoms with Gasteiger partial charge in [0.2, 0.25) is 0 Å². The number of nitrogens with one attached hydrogen (secondary N) is 3. The molecule has 1 heterocycles. The average molecular weight is 430 g/mol. The third kappa shape index (κ3) is 5.16. The molecule has 0 fully saturated rings. The lowest BCUT2D eigenvalue weighted by Crippen LogP contribution is -2.45. The molecule has 0 radical (unpaired) electrons. The summed E-state index contributed by atoms with van der Waals surface area (Å²) < 4.78 is 26.9. The summed E-state index contributed by atoms with van der Waals surface area (Å²) >= 11 is 0. The second kappa shape index (κ2) is 9.70. The van der Waals surface area contributed by atoms with Crippen LogP contribution >= 0.6 is 0 Å². The number of rotatable bonds is 8. The van der Waals surface area contributed by atoms with E-state index in [4.69, 9.17) is 4.84 Å². The molecule has 1 aromatic heterocycles. The van der Waals surface area contributed by atoms with Crippen molar-refractivity contribution in [2.24, 2.45) is 0 Å². The summed E-state index contributed by atoms with van der Waals surface area (Å²) in [5.41, 5.74) is -1.18. The van der Waals surface area contributed by atoms with Crippen molar-refractivity contribution < 1.29 is 18.4 Å². The molecule has 0 aliphatic rings. The summed E-state index contributed by atoms with van der Waals surface area (Å²) in [5.74, 6) is -2.96. The van der Waals surface area contributed by atoms with Crippen LogP contribution in [0.4, 0.5) is 14.6 Å². The normalized spacial score (nSPS) is 10.5. The summed E-state index contributed by atoms with van der Waals surface area (Å²) in [6.07, 6.45) is 0. The molecular weight excluding hydrogens is 410 g/mol. The predicted molar refractivity (Wildman–Crippen MR) is 110 cm³/mol. The number of benzene rings is 2. The van der Waals surface area contributed by atoms with Gasteiger partial charge in [-0.2, -0.15) is 0 Å². The smallest absolute Gasteiger partial charge is 0.363 e. The number of amides is 1. The van der Waals surface area contributed by atoms with E-state index in [0.29, 0.717) is 22.4 Å². The zero-order chi connectivity index (χ0) is 22.4. The Bertz CT molecular complexity index is 1190. The molecule has 0 aliphatic heterocycles. The lowest BCUT2D eigenvalue weighted by atomic mass is 10.2. The van der Waals surface area contributed by atoms with Gasteiger partial charge in [-0.05, 0) is 30.2 Å². The SMILES string of the molecule is CCNc1[nH]c(=O)n(OCc2ccccc2)c(=O)c1C(=O)NCc1ccc(F)c(F)c1. The first-order chi connectivity index (χ1) is 14.9. The number of aromatic nitrogens is 2. The number of hydrogen-bond donors (Lipinski definition) is 3. The van der Waals surface area contributed by atoms with Crippen LogP contribution in [0, 0.1) is 11.6 Å². The molecule has 3 aromatic rings. The Morgan fingerprint density at radius 1 is 1.06 bits per heavy atom. The van der Waals surface area contributed by atoms with E-state index in [0.717, 1.165) is 12.1 Å². The fourth-order valence-corrected chi connectivity index (χ4v) is 2.79. The summed E-state index contributed by atoms with van der Waals surface area (Å²) in [5, 5.41) is 5.22. The number of halogens is 2. The molecule has 3 rings (SSSR count). The summed E-state index contributed by atoms with van der Waals surface area (Å²) in [7, 11) is 0. The van der Waals surface area contributed by atoms with Crippen LogP contribution < -0.4 is 26.7 Å². The molecule has 3 N–H and O–H groups in total. The maximum absolute atomic E-state index is 13.4. The van der Waals surface area contributed by atoms with Crippen molar-refractivity contribution in [1.82, 2.24) is 15.0 Å². The molecule has 31 heavy (non-hydrogen) atoms. The third-order valence-corrected chi connectivity index (χ3v) is 4.29. The first-order valence-electron chi connectivity index (χ1n) is 9.43. The highest BCUT2D eigenvalue weighted by Crippen LogP contribution is 2.10. The van der Waals surface area contributed by atoms with E-state index in [-0.39, 0.29) is 24.5 Å². The molecule has 2 aromatic carbocycles. The minimum absolute atomic E-state index is 0.0692. The van der Waals surface area contributed by atoms with Crippen molar-refractivity contribution in [3.63, 3.8) is 0 Å². The van der Waals surface area contributed by atoms with Gasteiger partial charge in [0.15, 0.2) is 11.6 Å². The molecule has 0 saturated heterocycles. The van der Waals surface area contributed by atoms with E-state index in [1.807, 2.05) is 6.07 Å². The highest BCUT2D eigenvalue weighted by molar-refractivity contribution is 5.98. The van der Waals surface area contributed by atoms with Crippen LogP contribution in [0.15, 0.2) is 58.1 Å². The van der Waals surface area contributed by atoms with Gasteiger partial charge >= 0.3 is 11.2 Å². The summed E-state index contributed by atoms with van der Waals surface area (Å²) in [6.45, 7) is 1.82. The van der Waals surface area contributed by atoms with Gasteiger partial charge in [0.05, 0.1) is 0 Å². The first-order valence-corrected chi connectivity index (χ1v) is 9.43. The number of H-pyrrole nitrogens is 1. The van der Waals surface area contributed by atoms with Gasteiger partial charge < -0.3 is 15.5 Å². The number of carbonyl (C=O) groups is 1. The van der Waals surface area contributed by atoms with Gasteiger partial charge in [0, 0.05) is 13.1 Å². The number of carbonyl (C=O) groups excluding carboxylic acids is 1. The molecule has 0 saturated carbocycles. The van der Waals surface area contributed by atoms with Crippen LogP contribution in [0.3, 0.4) is 0 Å².